The van der Waals surface area contributed by atoms with Crippen LogP contribution in [-0.2, 0) is 0 Å². The zero-order valence-corrected chi connectivity index (χ0v) is 9.16. The Morgan fingerprint density at radius 1 is 1.20 bits per heavy atom. The van der Waals surface area contributed by atoms with Crippen LogP contribution in [0.4, 0.5) is 0 Å². The second kappa shape index (κ2) is 5.15. The van der Waals surface area contributed by atoms with Gasteiger partial charge in [0, 0.05) is 5.57 Å². The van der Waals surface area contributed by atoms with Gasteiger partial charge in [-0.15, -0.1) is 0 Å². The lowest BCUT2D eigenvalue weighted by atomic mass is 10.2. The Hall–Kier alpha value is -1.83. The van der Waals surface area contributed by atoms with Gasteiger partial charge < -0.3 is 4.42 Å². The molecule has 0 N–H and O–H groups in total. The van der Waals surface area contributed by atoms with E-state index >= 15 is 0 Å². The average molecular weight is 201 g/mol. The Kier molecular flexibility index (Phi) is 3.86. The molecule has 0 unspecified atom stereocenters. The van der Waals surface area contributed by atoms with Crippen molar-refractivity contribution in [3.8, 4) is 0 Å². The molecule has 0 saturated carbocycles. The first-order valence-electron chi connectivity index (χ1n) is 4.80. The van der Waals surface area contributed by atoms with Crippen LogP contribution in [0.5, 0.6) is 0 Å². The summed E-state index contributed by atoms with van der Waals surface area (Å²) in [6, 6.07) is 0. The van der Waals surface area contributed by atoms with Gasteiger partial charge in [-0.1, -0.05) is 37.5 Å². The van der Waals surface area contributed by atoms with Crippen LogP contribution in [0.15, 0.2) is 48.1 Å². The van der Waals surface area contributed by atoms with Crippen molar-refractivity contribution >= 4 is 11.1 Å². The number of oxazole rings is 1. The molecule has 0 fully saturated rings. The molecule has 2 heteroatoms. The van der Waals surface area contributed by atoms with E-state index in [0.717, 1.165) is 16.8 Å². The summed E-state index contributed by atoms with van der Waals surface area (Å²) in [5.41, 5.74) is 2.65. The van der Waals surface area contributed by atoms with Gasteiger partial charge in [-0.3, -0.25) is 0 Å². The van der Waals surface area contributed by atoms with Crippen LogP contribution < -0.4 is 0 Å². The second-order valence-corrected chi connectivity index (χ2v) is 2.93. The van der Waals surface area contributed by atoms with Crippen molar-refractivity contribution < 1.29 is 4.42 Å². The summed E-state index contributed by atoms with van der Waals surface area (Å²) < 4.78 is 5.35. The molecule has 78 valence electrons. The minimum Gasteiger partial charge on any atom is -0.444 e. The maximum absolute atomic E-state index is 5.35. The van der Waals surface area contributed by atoms with Crippen LogP contribution in [0, 0.1) is 0 Å². The molecule has 15 heavy (non-hydrogen) atoms. The van der Waals surface area contributed by atoms with Crippen LogP contribution in [0.25, 0.3) is 11.1 Å². The number of hydrogen-bond donors (Lipinski definition) is 0. The number of hydrogen-bond acceptors (Lipinski definition) is 2. The summed E-state index contributed by atoms with van der Waals surface area (Å²) in [5.74, 6) is 0.587. The Bertz CT molecular complexity index is 383. The third-order valence-corrected chi connectivity index (χ3v) is 2.11. The molecule has 0 radical (unpaired) electrons. The van der Waals surface area contributed by atoms with Crippen molar-refractivity contribution in [2.45, 2.75) is 13.8 Å². The number of rotatable bonds is 4. The molecule has 0 spiro atoms. The smallest absolute Gasteiger partial charge is 0.226 e. The molecule has 0 aromatic carbocycles. The molecule has 1 aromatic rings. The topological polar surface area (TPSA) is 26.0 Å². The van der Waals surface area contributed by atoms with Crippen LogP contribution in [0.1, 0.15) is 25.4 Å². The Labute approximate surface area is 90.3 Å². The molecule has 1 heterocycles. The number of nitrogens with zero attached hydrogens (tertiary/aromatic N) is 1. The van der Waals surface area contributed by atoms with E-state index in [-0.39, 0.29) is 0 Å². The Morgan fingerprint density at radius 3 is 2.27 bits per heavy atom. The van der Waals surface area contributed by atoms with Crippen LogP contribution in [0.2, 0.25) is 0 Å². The summed E-state index contributed by atoms with van der Waals surface area (Å²) in [4.78, 5) is 4.35. The van der Waals surface area contributed by atoms with Gasteiger partial charge in [0.15, 0.2) is 0 Å². The molecule has 0 aliphatic heterocycles. The highest BCUT2D eigenvalue weighted by Gasteiger charge is 2.07. The largest absolute Gasteiger partial charge is 0.444 e. The van der Waals surface area contributed by atoms with E-state index in [1.807, 2.05) is 26.0 Å². The zero-order chi connectivity index (χ0) is 11.3. The van der Waals surface area contributed by atoms with Crippen molar-refractivity contribution in [1.82, 2.24) is 4.98 Å². The van der Waals surface area contributed by atoms with Crippen LogP contribution in [-0.4, -0.2) is 4.98 Å². The van der Waals surface area contributed by atoms with Gasteiger partial charge in [-0.2, -0.15) is 0 Å². The monoisotopic (exact) mass is 201 g/mol. The standard InChI is InChI=1S/C13H15NO/c1-5-10(6-2)12-9-15-13(14-12)11(7-3)8-4/h5-9H,1,3H2,2,4H3/b10-6+,11-8+. The maximum atomic E-state index is 5.35. The fourth-order valence-corrected chi connectivity index (χ4v) is 1.24. The van der Waals surface area contributed by atoms with Crippen molar-refractivity contribution in [3.05, 3.63) is 55.3 Å². The molecule has 1 rings (SSSR count). The lowest BCUT2D eigenvalue weighted by Crippen LogP contribution is -1.83. The Balaban J connectivity index is 3.09. The minimum absolute atomic E-state index is 0.587. The summed E-state index contributed by atoms with van der Waals surface area (Å²) in [6.07, 6.45) is 8.95. The van der Waals surface area contributed by atoms with Gasteiger partial charge in [0.2, 0.25) is 5.89 Å². The Morgan fingerprint density at radius 2 is 1.80 bits per heavy atom. The average Bonchev–Trinajstić information content (AvgIpc) is 2.71. The molecular formula is C13H15NO. The number of allylic oxidation sites excluding steroid dienone is 6. The molecule has 1 aromatic heterocycles. The lowest BCUT2D eigenvalue weighted by molar-refractivity contribution is 0.543. The van der Waals surface area contributed by atoms with E-state index in [1.165, 1.54) is 0 Å². The van der Waals surface area contributed by atoms with Gasteiger partial charge in [0.05, 0.1) is 0 Å². The predicted molar refractivity (Wildman–Crippen MR) is 64.2 cm³/mol. The van der Waals surface area contributed by atoms with Crippen molar-refractivity contribution in [2.75, 3.05) is 0 Å². The van der Waals surface area contributed by atoms with Crippen molar-refractivity contribution in [2.24, 2.45) is 0 Å². The first-order chi connectivity index (χ1) is 7.26. The molecule has 0 atom stereocenters. The van der Waals surface area contributed by atoms with Gasteiger partial charge in [-0.25, -0.2) is 4.98 Å². The number of aromatic nitrogens is 1. The summed E-state index contributed by atoms with van der Waals surface area (Å²) >= 11 is 0. The summed E-state index contributed by atoms with van der Waals surface area (Å²) in [7, 11) is 0. The van der Waals surface area contributed by atoms with E-state index < -0.39 is 0 Å². The first kappa shape index (κ1) is 11.2. The van der Waals surface area contributed by atoms with E-state index in [1.54, 1.807) is 18.4 Å². The second-order valence-electron chi connectivity index (χ2n) is 2.93. The minimum atomic E-state index is 0.587. The highest BCUT2D eigenvalue weighted by atomic mass is 16.3. The molecular weight excluding hydrogens is 186 g/mol. The fraction of sp³-hybridized carbons (Fsp3) is 0.154. The molecule has 0 aliphatic rings. The normalized spacial score (nSPS) is 12.7. The van der Waals surface area contributed by atoms with E-state index in [0.29, 0.717) is 5.89 Å². The third kappa shape index (κ3) is 2.34. The van der Waals surface area contributed by atoms with Gasteiger partial charge >= 0.3 is 0 Å². The fourth-order valence-electron chi connectivity index (χ4n) is 1.24. The molecule has 0 saturated heterocycles. The van der Waals surface area contributed by atoms with E-state index in [4.69, 9.17) is 4.42 Å². The van der Waals surface area contributed by atoms with Crippen molar-refractivity contribution in [1.29, 1.82) is 0 Å². The molecule has 0 bridgehead atoms. The van der Waals surface area contributed by atoms with Crippen molar-refractivity contribution in [3.63, 3.8) is 0 Å². The van der Waals surface area contributed by atoms with Gasteiger partial charge in [0.25, 0.3) is 0 Å². The lowest BCUT2D eigenvalue weighted by Gasteiger charge is -1.93. The highest BCUT2D eigenvalue weighted by molar-refractivity contribution is 5.73. The molecule has 2 nitrogen and oxygen atoms in total. The SMILES string of the molecule is C=C/C(=C\C)c1coc(/C(C=C)=C/C)n1. The molecule has 0 aliphatic carbocycles. The van der Waals surface area contributed by atoms with Gasteiger partial charge in [0.1, 0.15) is 12.0 Å². The highest BCUT2D eigenvalue weighted by Crippen LogP contribution is 2.19. The quantitative estimate of drug-likeness (QED) is 0.691. The summed E-state index contributed by atoms with van der Waals surface area (Å²) in [5, 5.41) is 0. The van der Waals surface area contributed by atoms with Crippen LogP contribution in [0.3, 0.4) is 0 Å². The maximum Gasteiger partial charge on any atom is 0.226 e. The zero-order valence-electron chi connectivity index (χ0n) is 9.16. The van der Waals surface area contributed by atoms with E-state index in [9.17, 15) is 0 Å². The first-order valence-corrected chi connectivity index (χ1v) is 4.80. The van der Waals surface area contributed by atoms with Crippen LogP contribution >= 0.6 is 0 Å². The third-order valence-electron chi connectivity index (χ3n) is 2.11. The van der Waals surface area contributed by atoms with Gasteiger partial charge in [-0.05, 0) is 19.4 Å². The molecule has 0 amide bonds. The predicted octanol–water partition coefficient (Wildman–Crippen LogP) is 3.85. The van der Waals surface area contributed by atoms with E-state index in [2.05, 4.69) is 18.1 Å². The summed E-state index contributed by atoms with van der Waals surface area (Å²) in [6.45, 7) is 11.3.